The predicted molar refractivity (Wildman–Crippen MR) is 135 cm³/mol. The molecule has 2 aromatic carbocycles. The zero-order valence-electron chi connectivity index (χ0n) is 19.7. The van der Waals surface area contributed by atoms with Crippen LogP contribution in [0.2, 0.25) is 0 Å². The van der Waals surface area contributed by atoms with E-state index in [2.05, 4.69) is 20.5 Å². The number of piperidine rings is 1. The molecule has 1 saturated heterocycles. The molecule has 9 nitrogen and oxygen atoms in total. The van der Waals surface area contributed by atoms with Crippen LogP contribution in [0.4, 0.5) is 0 Å². The number of hydrogen-bond donors (Lipinski definition) is 2. The molecular formula is C24H29N5O4S2. The van der Waals surface area contributed by atoms with Gasteiger partial charge in [0.05, 0.1) is 17.9 Å². The second kappa shape index (κ2) is 11.2. The van der Waals surface area contributed by atoms with Crippen molar-refractivity contribution in [3.8, 4) is 17.1 Å². The molecule has 186 valence electrons. The first-order chi connectivity index (χ1) is 16.9. The summed E-state index contributed by atoms with van der Waals surface area (Å²) in [5, 5.41) is 10.7. The molecule has 0 saturated carbocycles. The Bertz CT molecular complexity index is 1260. The van der Waals surface area contributed by atoms with Gasteiger partial charge in [-0.1, -0.05) is 42.1 Å². The summed E-state index contributed by atoms with van der Waals surface area (Å²) in [6, 6.07) is 14.6. The van der Waals surface area contributed by atoms with Gasteiger partial charge in [-0.15, -0.1) is 5.10 Å². The number of ether oxygens (including phenoxy) is 1. The van der Waals surface area contributed by atoms with E-state index in [0.717, 1.165) is 11.1 Å². The lowest BCUT2D eigenvalue weighted by Gasteiger charge is -2.31. The van der Waals surface area contributed by atoms with Crippen LogP contribution < -0.4 is 10.1 Å². The average molecular weight is 516 g/mol. The van der Waals surface area contributed by atoms with Crippen molar-refractivity contribution in [2.75, 3.05) is 32.5 Å². The number of hydrogen-bond acceptors (Lipinski definition) is 7. The molecule has 0 radical (unpaired) electrons. The molecule has 0 spiro atoms. The molecule has 35 heavy (non-hydrogen) atoms. The normalized spacial score (nSPS) is 16.7. The first kappa shape index (κ1) is 25.2. The molecule has 2 N–H and O–H groups in total. The Balaban J connectivity index is 1.28. The quantitative estimate of drug-likeness (QED) is 0.332. The highest BCUT2D eigenvalue weighted by atomic mass is 32.2. The number of sulfonamides is 1. The minimum Gasteiger partial charge on any atom is -0.496 e. The number of methoxy groups -OCH3 is 1. The van der Waals surface area contributed by atoms with Gasteiger partial charge in [-0.05, 0) is 43.5 Å². The number of nitrogens with zero attached hydrogens (tertiary/aromatic N) is 3. The standard InChI is InChI=1S/C24H29N5O4S2/c1-17-15-20(10-11-21(17)33-2)35(31,32)29-13-6-9-19(16-29)23(30)25-12-14-34-24-26-22(27-28-24)18-7-4-3-5-8-18/h3-5,7-8,10-11,15,19H,6,9,12-14,16H2,1-2H3,(H,25,30)(H,26,27,28)/t19-/m1/s1. The molecule has 1 fully saturated rings. The molecule has 0 bridgehead atoms. The molecule has 1 aromatic heterocycles. The number of carbonyl (C=O) groups is 1. The number of aromatic amines is 1. The first-order valence-corrected chi connectivity index (χ1v) is 13.8. The number of carbonyl (C=O) groups excluding carboxylic acids is 1. The first-order valence-electron chi connectivity index (χ1n) is 11.4. The highest BCUT2D eigenvalue weighted by Gasteiger charge is 2.33. The fourth-order valence-corrected chi connectivity index (χ4v) is 6.29. The third-order valence-electron chi connectivity index (χ3n) is 5.90. The topological polar surface area (TPSA) is 117 Å². The Morgan fingerprint density at radius 3 is 2.80 bits per heavy atom. The SMILES string of the molecule is COc1ccc(S(=O)(=O)N2CCC[C@@H](C(=O)NCCSc3n[nH]c(-c4ccccc4)n3)C2)cc1C. The Kier molecular flexibility index (Phi) is 8.09. The van der Waals surface area contributed by atoms with Gasteiger partial charge in [-0.3, -0.25) is 9.89 Å². The molecule has 4 rings (SSSR count). The van der Waals surface area contributed by atoms with Gasteiger partial charge in [0.2, 0.25) is 21.1 Å². The van der Waals surface area contributed by atoms with Crippen molar-refractivity contribution in [1.29, 1.82) is 0 Å². The van der Waals surface area contributed by atoms with Crippen LogP contribution in [-0.4, -0.2) is 66.3 Å². The fraction of sp³-hybridized carbons (Fsp3) is 0.375. The molecule has 0 aliphatic carbocycles. The number of thioether (sulfide) groups is 1. The van der Waals surface area contributed by atoms with Crippen molar-refractivity contribution in [2.45, 2.75) is 29.8 Å². The number of rotatable bonds is 9. The van der Waals surface area contributed by atoms with Crippen molar-refractivity contribution in [3.05, 3.63) is 54.1 Å². The van der Waals surface area contributed by atoms with Crippen molar-refractivity contribution in [2.24, 2.45) is 5.92 Å². The van der Waals surface area contributed by atoms with E-state index in [1.807, 2.05) is 37.3 Å². The molecule has 1 atom stereocenters. The fourth-order valence-electron chi connectivity index (χ4n) is 4.03. The maximum atomic E-state index is 13.2. The van der Waals surface area contributed by atoms with Gasteiger partial charge < -0.3 is 10.1 Å². The van der Waals surface area contributed by atoms with E-state index in [4.69, 9.17) is 4.74 Å². The lowest BCUT2D eigenvalue weighted by Crippen LogP contribution is -2.45. The number of nitrogens with one attached hydrogen (secondary N) is 2. The van der Waals surface area contributed by atoms with E-state index in [0.29, 0.717) is 48.4 Å². The molecule has 1 aliphatic heterocycles. The van der Waals surface area contributed by atoms with Gasteiger partial charge in [0, 0.05) is 31.0 Å². The number of H-pyrrole nitrogens is 1. The van der Waals surface area contributed by atoms with Gasteiger partial charge in [-0.25, -0.2) is 13.4 Å². The van der Waals surface area contributed by atoms with Gasteiger partial charge in [0.15, 0.2) is 5.82 Å². The monoisotopic (exact) mass is 515 g/mol. The molecule has 0 unspecified atom stereocenters. The minimum absolute atomic E-state index is 0.128. The van der Waals surface area contributed by atoms with Gasteiger partial charge in [0.25, 0.3) is 0 Å². The highest BCUT2D eigenvalue weighted by Crippen LogP contribution is 2.27. The van der Waals surface area contributed by atoms with E-state index in [1.165, 1.54) is 16.1 Å². The van der Waals surface area contributed by atoms with E-state index in [9.17, 15) is 13.2 Å². The van der Waals surface area contributed by atoms with Crippen LogP contribution in [0, 0.1) is 12.8 Å². The highest BCUT2D eigenvalue weighted by molar-refractivity contribution is 7.99. The summed E-state index contributed by atoms with van der Waals surface area (Å²) in [5.74, 6) is 1.44. The Morgan fingerprint density at radius 1 is 1.26 bits per heavy atom. The minimum atomic E-state index is -3.68. The molecule has 3 aromatic rings. The Hall–Kier alpha value is -2.89. The van der Waals surface area contributed by atoms with E-state index in [-0.39, 0.29) is 23.3 Å². The summed E-state index contributed by atoms with van der Waals surface area (Å²) in [4.78, 5) is 17.4. The molecule has 11 heteroatoms. The van der Waals surface area contributed by atoms with E-state index in [1.54, 1.807) is 25.3 Å². The lowest BCUT2D eigenvalue weighted by molar-refractivity contribution is -0.125. The van der Waals surface area contributed by atoms with Crippen molar-refractivity contribution in [1.82, 2.24) is 24.8 Å². The molecule has 1 aliphatic rings. The van der Waals surface area contributed by atoms with Gasteiger partial charge in [-0.2, -0.15) is 4.31 Å². The van der Waals surface area contributed by atoms with Crippen molar-refractivity contribution in [3.63, 3.8) is 0 Å². The summed E-state index contributed by atoms with van der Waals surface area (Å²) in [6.07, 6.45) is 1.30. The summed E-state index contributed by atoms with van der Waals surface area (Å²) in [7, 11) is -2.13. The predicted octanol–water partition coefficient (Wildman–Crippen LogP) is 3.10. The van der Waals surface area contributed by atoms with Gasteiger partial charge >= 0.3 is 0 Å². The third kappa shape index (κ3) is 6.03. The summed E-state index contributed by atoms with van der Waals surface area (Å²) in [5.41, 5.74) is 1.71. The van der Waals surface area contributed by atoms with Crippen LogP contribution in [0.15, 0.2) is 58.6 Å². The van der Waals surface area contributed by atoms with Crippen LogP contribution in [0.25, 0.3) is 11.4 Å². The number of aryl methyl sites for hydroxylation is 1. The summed E-state index contributed by atoms with van der Waals surface area (Å²) >= 11 is 1.45. The van der Waals surface area contributed by atoms with Crippen molar-refractivity contribution < 1.29 is 17.9 Å². The van der Waals surface area contributed by atoms with Crippen LogP contribution in [0.1, 0.15) is 18.4 Å². The van der Waals surface area contributed by atoms with Crippen LogP contribution in [0.3, 0.4) is 0 Å². The zero-order chi connectivity index (χ0) is 24.8. The second-order valence-electron chi connectivity index (χ2n) is 8.31. The van der Waals surface area contributed by atoms with Crippen LogP contribution >= 0.6 is 11.8 Å². The molecular weight excluding hydrogens is 486 g/mol. The Morgan fingerprint density at radius 2 is 2.06 bits per heavy atom. The Labute approximate surface area is 209 Å². The number of benzene rings is 2. The lowest BCUT2D eigenvalue weighted by atomic mass is 9.99. The summed E-state index contributed by atoms with van der Waals surface area (Å²) in [6.45, 7) is 2.83. The largest absolute Gasteiger partial charge is 0.496 e. The third-order valence-corrected chi connectivity index (χ3v) is 8.61. The number of amides is 1. The van der Waals surface area contributed by atoms with Crippen LogP contribution in [0.5, 0.6) is 5.75 Å². The molecule has 1 amide bonds. The second-order valence-corrected chi connectivity index (χ2v) is 11.3. The van der Waals surface area contributed by atoms with Gasteiger partial charge in [0.1, 0.15) is 5.75 Å². The van der Waals surface area contributed by atoms with E-state index >= 15 is 0 Å². The van der Waals surface area contributed by atoms with Crippen LogP contribution in [-0.2, 0) is 14.8 Å². The summed E-state index contributed by atoms with van der Waals surface area (Å²) < 4.78 is 33.0. The van der Waals surface area contributed by atoms with E-state index < -0.39 is 10.0 Å². The molecule has 2 heterocycles. The maximum Gasteiger partial charge on any atom is 0.243 e. The zero-order valence-corrected chi connectivity index (χ0v) is 21.4. The van der Waals surface area contributed by atoms with Crippen molar-refractivity contribution >= 4 is 27.7 Å². The average Bonchev–Trinajstić information content (AvgIpc) is 3.36. The maximum absolute atomic E-state index is 13.2. The smallest absolute Gasteiger partial charge is 0.243 e. The number of aromatic nitrogens is 3.